The minimum Gasteiger partial charge on any atom is -0.354 e. The lowest BCUT2D eigenvalue weighted by molar-refractivity contribution is -0.140. The van der Waals surface area contributed by atoms with Crippen LogP contribution < -0.4 is 9.62 Å². The number of carbonyl (C=O) groups excluding carboxylic acids is 2. The quantitative estimate of drug-likeness (QED) is 0.154. The fourth-order valence-electron chi connectivity index (χ4n) is 5.06. The van der Waals surface area contributed by atoms with E-state index < -0.39 is 28.5 Å². The van der Waals surface area contributed by atoms with Gasteiger partial charge in [-0.05, 0) is 79.1 Å². The molecule has 0 fully saturated rings. The average Bonchev–Trinajstić information content (AvgIpc) is 3.05. The number of thioether (sulfide) groups is 1. The monoisotopic (exact) mass is 657 g/mol. The zero-order chi connectivity index (χ0) is 33.3. The van der Waals surface area contributed by atoms with E-state index in [9.17, 15) is 18.0 Å². The van der Waals surface area contributed by atoms with E-state index in [1.165, 1.54) is 11.8 Å². The Labute approximate surface area is 278 Å². The number of nitrogens with one attached hydrogen (secondary N) is 1. The summed E-state index contributed by atoms with van der Waals surface area (Å²) in [7, 11) is -4.15. The number of nitrogens with zero attached hydrogens (tertiary/aromatic N) is 2. The van der Waals surface area contributed by atoms with Gasteiger partial charge >= 0.3 is 0 Å². The van der Waals surface area contributed by atoms with Crippen LogP contribution in [0.5, 0.6) is 0 Å². The molecule has 0 aliphatic heterocycles. The summed E-state index contributed by atoms with van der Waals surface area (Å²) in [5, 5.41) is 3.03. The Balaban J connectivity index is 1.80. The molecule has 0 heterocycles. The van der Waals surface area contributed by atoms with Crippen molar-refractivity contribution in [3.05, 3.63) is 125 Å². The molecule has 0 radical (unpaired) electrons. The summed E-state index contributed by atoms with van der Waals surface area (Å²) in [5.41, 5.74) is 4.07. The van der Waals surface area contributed by atoms with Crippen LogP contribution >= 0.6 is 11.8 Å². The molecule has 7 nitrogen and oxygen atoms in total. The maximum atomic E-state index is 14.6. The van der Waals surface area contributed by atoms with Crippen molar-refractivity contribution in [2.24, 2.45) is 5.92 Å². The van der Waals surface area contributed by atoms with E-state index in [4.69, 9.17) is 0 Å². The van der Waals surface area contributed by atoms with Gasteiger partial charge in [0.15, 0.2) is 0 Å². The van der Waals surface area contributed by atoms with E-state index in [1.54, 1.807) is 41.3 Å². The second-order valence-corrected chi connectivity index (χ2v) is 14.6. The third kappa shape index (κ3) is 9.01. The molecule has 9 heteroatoms. The molecule has 0 saturated carbocycles. The molecule has 2 amide bonds. The van der Waals surface area contributed by atoms with Gasteiger partial charge in [0.2, 0.25) is 11.8 Å². The lowest BCUT2D eigenvalue weighted by Gasteiger charge is -2.34. The number of anilines is 1. The zero-order valence-electron chi connectivity index (χ0n) is 27.1. The van der Waals surface area contributed by atoms with Crippen LogP contribution in [0, 0.1) is 19.8 Å². The molecule has 0 saturated heterocycles. The van der Waals surface area contributed by atoms with E-state index in [2.05, 4.69) is 5.32 Å². The molecular formula is C37H43N3O4S2. The number of sulfonamides is 1. The number of hydrogen-bond donors (Lipinski definition) is 1. The van der Waals surface area contributed by atoms with Crippen LogP contribution in [-0.4, -0.2) is 50.5 Å². The molecule has 0 unspecified atom stereocenters. The van der Waals surface area contributed by atoms with Crippen molar-refractivity contribution in [2.75, 3.05) is 23.7 Å². The summed E-state index contributed by atoms with van der Waals surface area (Å²) in [6.45, 7) is 8.02. The van der Waals surface area contributed by atoms with Crippen molar-refractivity contribution >= 4 is 39.3 Å². The Morgan fingerprint density at radius 2 is 1.46 bits per heavy atom. The highest BCUT2D eigenvalue weighted by Gasteiger charge is 2.34. The molecule has 4 rings (SSSR count). The molecule has 0 aliphatic rings. The van der Waals surface area contributed by atoms with Crippen LogP contribution in [0.25, 0.3) is 0 Å². The number of hydrogen-bond acceptors (Lipinski definition) is 5. The van der Waals surface area contributed by atoms with Crippen LogP contribution in [-0.2, 0) is 32.6 Å². The molecule has 46 heavy (non-hydrogen) atoms. The lowest BCUT2D eigenvalue weighted by atomic mass is 10.0. The highest BCUT2D eigenvalue weighted by atomic mass is 32.2. The van der Waals surface area contributed by atoms with E-state index in [0.29, 0.717) is 12.2 Å². The maximum Gasteiger partial charge on any atom is 0.264 e. The fourth-order valence-corrected chi connectivity index (χ4v) is 6.88. The first-order valence-electron chi connectivity index (χ1n) is 15.4. The number of amides is 2. The molecule has 0 bridgehead atoms. The van der Waals surface area contributed by atoms with Crippen molar-refractivity contribution in [2.45, 2.75) is 56.5 Å². The Bertz CT molecular complexity index is 1710. The van der Waals surface area contributed by atoms with Gasteiger partial charge in [0, 0.05) is 24.4 Å². The van der Waals surface area contributed by atoms with Gasteiger partial charge in [0.25, 0.3) is 10.0 Å². The number of carbonyl (C=O) groups is 2. The van der Waals surface area contributed by atoms with Gasteiger partial charge in [0.05, 0.1) is 10.6 Å². The first-order valence-corrected chi connectivity index (χ1v) is 18.0. The van der Waals surface area contributed by atoms with Crippen molar-refractivity contribution < 1.29 is 18.0 Å². The normalized spacial score (nSPS) is 12.0. The molecular weight excluding hydrogens is 615 g/mol. The van der Waals surface area contributed by atoms with Crippen molar-refractivity contribution in [3.63, 3.8) is 0 Å². The van der Waals surface area contributed by atoms with Gasteiger partial charge < -0.3 is 10.2 Å². The minimum atomic E-state index is -4.15. The maximum absolute atomic E-state index is 14.6. The summed E-state index contributed by atoms with van der Waals surface area (Å²) in [6, 6.07) is 30.1. The van der Waals surface area contributed by atoms with Gasteiger partial charge in [-0.25, -0.2) is 8.42 Å². The first-order chi connectivity index (χ1) is 22.0. The molecule has 1 atom stereocenters. The standard InChI is InChI=1S/C37H43N3O4S2/c1-27(2)24-38-37(42)35(23-30-12-7-6-8-13-30)39(25-31-14-10-9-11-29(31)4)36(41)26-40(32-17-15-28(3)16-18-32)46(43,44)34-21-19-33(45-5)20-22-34/h6-22,27,35H,23-26H2,1-5H3,(H,38,42)/t35-/m0/s1. The van der Waals surface area contributed by atoms with Gasteiger partial charge in [-0.15, -0.1) is 11.8 Å². The zero-order valence-corrected chi connectivity index (χ0v) is 28.8. The number of rotatable bonds is 14. The van der Waals surface area contributed by atoms with Crippen molar-refractivity contribution in [1.82, 2.24) is 10.2 Å². The van der Waals surface area contributed by atoms with Gasteiger partial charge in [-0.2, -0.15) is 0 Å². The van der Waals surface area contributed by atoms with Gasteiger partial charge in [-0.1, -0.05) is 86.1 Å². The molecule has 1 N–H and O–H groups in total. The summed E-state index contributed by atoms with van der Waals surface area (Å²) in [4.78, 5) is 31.1. The van der Waals surface area contributed by atoms with Crippen LogP contribution in [0.4, 0.5) is 5.69 Å². The summed E-state index contributed by atoms with van der Waals surface area (Å²) < 4.78 is 29.6. The van der Waals surface area contributed by atoms with Crippen LogP contribution in [0.15, 0.2) is 113 Å². The van der Waals surface area contributed by atoms with Crippen molar-refractivity contribution in [3.8, 4) is 0 Å². The largest absolute Gasteiger partial charge is 0.354 e. The molecule has 242 valence electrons. The highest BCUT2D eigenvalue weighted by Crippen LogP contribution is 2.27. The van der Waals surface area contributed by atoms with Gasteiger partial charge in [-0.3, -0.25) is 13.9 Å². The van der Waals surface area contributed by atoms with Gasteiger partial charge in [0.1, 0.15) is 12.6 Å². The summed E-state index contributed by atoms with van der Waals surface area (Å²) in [6.07, 6.45) is 2.20. The van der Waals surface area contributed by atoms with E-state index in [1.807, 2.05) is 101 Å². The summed E-state index contributed by atoms with van der Waals surface area (Å²) in [5.74, 6) is -0.549. The topological polar surface area (TPSA) is 86.8 Å². The third-order valence-electron chi connectivity index (χ3n) is 7.81. The van der Waals surface area contributed by atoms with Crippen molar-refractivity contribution in [1.29, 1.82) is 0 Å². The number of aryl methyl sites for hydroxylation is 2. The second-order valence-electron chi connectivity index (χ2n) is 11.8. The fraction of sp³-hybridized carbons (Fsp3) is 0.297. The van der Waals surface area contributed by atoms with E-state index >= 15 is 0 Å². The number of benzene rings is 4. The minimum absolute atomic E-state index is 0.0830. The predicted octanol–water partition coefficient (Wildman–Crippen LogP) is 6.63. The van der Waals surface area contributed by atoms with E-state index in [0.717, 1.165) is 31.5 Å². The third-order valence-corrected chi connectivity index (χ3v) is 10.3. The molecule has 4 aromatic carbocycles. The lowest BCUT2D eigenvalue weighted by Crippen LogP contribution is -2.53. The molecule has 0 aliphatic carbocycles. The Morgan fingerprint density at radius 3 is 2.07 bits per heavy atom. The summed E-state index contributed by atoms with van der Waals surface area (Å²) >= 11 is 1.52. The Morgan fingerprint density at radius 1 is 0.826 bits per heavy atom. The SMILES string of the molecule is CSc1ccc(S(=O)(=O)N(CC(=O)N(Cc2ccccc2C)[C@@H](Cc2ccccc2)C(=O)NCC(C)C)c2ccc(C)cc2)cc1. The van der Waals surface area contributed by atoms with Crippen LogP contribution in [0.3, 0.4) is 0 Å². The van der Waals surface area contributed by atoms with E-state index in [-0.39, 0.29) is 29.7 Å². The molecule has 4 aromatic rings. The van der Waals surface area contributed by atoms with Crippen LogP contribution in [0.2, 0.25) is 0 Å². The van der Waals surface area contributed by atoms with Crippen LogP contribution in [0.1, 0.15) is 36.1 Å². The molecule has 0 spiro atoms. The second kappa shape index (κ2) is 16.0. The predicted molar refractivity (Wildman–Crippen MR) is 187 cm³/mol. The Hall–Kier alpha value is -4.08. The first kappa shape index (κ1) is 34.8. The highest BCUT2D eigenvalue weighted by molar-refractivity contribution is 7.98. The molecule has 0 aromatic heterocycles. The smallest absolute Gasteiger partial charge is 0.264 e. The average molecular weight is 658 g/mol. The Kier molecular flexibility index (Phi) is 12.1.